The molecule has 1 aromatic carbocycles. The Morgan fingerprint density at radius 1 is 1.35 bits per heavy atom. The second-order valence-corrected chi connectivity index (χ2v) is 7.67. The summed E-state index contributed by atoms with van der Waals surface area (Å²) in [6.07, 6.45) is 2.69. The number of carbonyl (C=O) groups is 2. The minimum atomic E-state index is -0.358. The van der Waals surface area contributed by atoms with Crippen LogP contribution in [0.15, 0.2) is 28.7 Å². The first-order chi connectivity index (χ1) is 10.9. The molecule has 1 aliphatic carbocycles. The molecule has 0 aromatic heterocycles. The summed E-state index contributed by atoms with van der Waals surface area (Å²) in [4.78, 5) is 24.7. The van der Waals surface area contributed by atoms with Gasteiger partial charge in [-0.1, -0.05) is 48.0 Å². The topological polar surface area (TPSA) is 43.4 Å². The summed E-state index contributed by atoms with van der Waals surface area (Å²) in [6, 6.07) is 8.09. The second kappa shape index (κ2) is 7.61. The molecule has 1 fully saturated rings. The molecule has 0 amide bonds. The lowest BCUT2D eigenvalue weighted by molar-refractivity contribution is -0.158. The number of ether oxygens (including phenoxy) is 1. The maximum Gasteiger partial charge on any atom is 0.309 e. The molecular weight excluding hydrogens is 356 g/mol. The van der Waals surface area contributed by atoms with Gasteiger partial charge in [-0.25, -0.2) is 0 Å². The standard InChI is InChI=1S/C19H25BrO3/c1-4-23-18(22)15-11-12-17(21)14(19(15,2)3)10-9-13-7-5-6-8-16(13)20/h5-8,14-15H,4,9-12H2,1-3H3. The van der Waals surface area contributed by atoms with E-state index in [0.29, 0.717) is 19.4 Å². The Hall–Kier alpha value is -1.16. The van der Waals surface area contributed by atoms with E-state index in [-0.39, 0.29) is 29.0 Å². The van der Waals surface area contributed by atoms with Crippen molar-refractivity contribution in [2.45, 2.75) is 46.5 Å². The molecule has 1 aromatic rings. The van der Waals surface area contributed by atoms with Gasteiger partial charge in [-0.05, 0) is 43.2 Å². The minimum absolute atomic E-state index is 0.0993. The van der Waals surface area contributed by atoms with Crippen LogP contribution in [-0.4, -0.2) is 18.4 Å². The summed E-state index contributed by atoms with van der Waals surface area (Å²) in [7, 11) is 0. The van der Waals surface area contributed by atoms with E-state index >= 15 is 0 Å². The highest BCUT2D eigenvalue weighted by Crippen LogP contribution is 2.46. The smallest absolute Gasteiger partial charge is 0.309 e. The maximum absolute atomic E-state index is 12.5. The van der Waals surface area contributed by atoms with E-state index in [1.165, 1.54) is 5.56 Å². The number of esters is 1. The molecule has 2 rings (SSSR count). The monoisotopic (exact) mass is 380 g/mol. The van der Waals surface area contributed by atoms with Crippen LogP contribution in [0, 0.1) is 17.3 Å². The SMILES string of the molecule is CCOC(=O)C1CCC(=O)C(CCc2ccccc2Br)C1(C)C. The molecule has 0 saturated heterocycles. The van der Waals surface area contributed by atoms with Gasteiger partial charge in [0.05, 0.1) is 12.5 Å². The van der Waals surface area contributed by atoms with Crippen molar-refractivity contribution in [1.82, 2.24) is 0 Å². The van der Waals surface area contributed by atoms with E-state index in [1.54, 1.807) is 0 Å². The number of aryl methyl sites for hydroxylation is 1. The van der Waals surface area contributed by atoms with E-state index in [0.717, 1.165) is 17.3 Å². The van der Waals surface area contributed by atoms with Gasteiger partial charge in [-0.15, -0.1) is 0 Å². The zero-order chi connectivity index (χ0) is 17.0. The molecule has 4 heteroatoms. The van der Waals surface area contributed by atoms with Crippen molar-refractivity contribution in [1.29, 1.82) is 0 Å². The first-order valence-electron chi connectivity index (χ1n) is 8.30. The van der Waals surface area contributed by atoms with Gasteiger partial charge in [0.2, 0.25) is 0 Å². The predicted octanol–water partition coefficient (Wildman–Crippen LogP) is 4.57. The zero-order valence-electron chi connectivity index (χ0n) is 14.1. The van der Waals surface area contributed by atoms with Crippen LogP contribution in [0.25, 0.3) is 0 Å². The van der Waals surface area contributed by atoms with Crippen molar-refractivity contribution in [2.75, 3.05) is 6.61 Å². The lowest BCUT2D eigenvalue weighted by Crippen LogP contribution is -2.46. The molecule has 126 valence electrons. The fourth-order valence-corrected chi connectivity index (χ4v) is 4.17. The Balaban J connectivity index is 2.13. The molecule has 0 bridgehead atoms. The number of hydrogen-bond acceptors (Lipinski definition) is 3. The van der Waals surface area contributed by atoms with Crippen LogP contribution in [0.4, 0.5) is 0 Å². The Morgan fingerprint density at radius 2 is 2.04 bits per heavy atom. The number of rotatable bonds is 5. The summed E-state index contributed by atoms with van der Waals surface area (Å²) in [5.41, 5.74) is 0.845. The van der Waals surface area contributed by atoms with Crippen molar-refractivity contribution >= 4 is 27.7 Å². The van der Waals surface area contributed by atoms with Gasteiger partial charge in [0.15, 0.2) is 0 Å². The number of Topliss-reactive ketones (excluding diaryl/α,β-unsaturated/α-hetero) is 1. The zero-order valence-corrected chi connectivity index (χ0v) is 15.7. The molecule has 0 spiro atoms. The van der Waals surface area contributed by atoms with Crippen LogP contribution in [0.5, 0.6) is 0 Å². The van der Waals surface area contributed by atoms with Gasteiger partial charge in [-0.2, -0.15) is 0 Å². The molecule has 3 nitrogen and oxygen atoms in total. The number of benzene rings is 1. The summed E-state index contributed by atoms with van der Waals surface area (Å²) in [5.74, 6) is -0.166. The Labute approximate surface area is 146 Å². The van der Waals surface area contributed by atoms with Gasteiger partial charge in [0.25, 0.3) is 0 Å². The molecular formula is C19H25BrO3. The lowest BCUT2D eigenvalue weighted by Gasteiger charge is -2.43. The van der Waals surface area contributed by atoms with Gasteiger partial charge in [0, 0.05) is 16.8 Å². The molecule has 1 aliphatic rings. The van der Waals surface area contributed by atoms with E-state index in [1.807, 2.05) is 39.0 Å². The fraction of sp³-hybridized carbons (Fsp3) is 0.579. The van der Waals surface area contributed by atoms with E-state index in [9.17, 15) is 9.59 Å². The molecule has 2 unspecified atom stereocenters. The van der Waals surface area contributed by atoms with Gasteiger partial charge in [-0.3, -0.25) is 9.59 Å². The van der Waals surface area contributed by atoms with Crippen molar-refractivity contribution in [3.8, 4) is 0 Å². The largest absolute Gasteiger partial charge is 0.466 e. The fourth-order valence-electron chi connectivity index (χ4n) is 3.69. The van der Waals surface area contributed by atoms with Crippen molar-refractivity contribution in [3.63, 3.8) is 0 Å². The third kappa shape index (κ3) is 4.03. The average molecular weight is 381 g/mol. The van der Waals surface area contributed by atoms with Gasteiger partial charge >= 0.3 is 5.97 Å². The number of ketones is 1. The molecule has 0 heterocycles. The highest BCUT2D eigenvalue weighted by atomic mass is 79.9. The highest BCUT2D eigenvalue weighted by molar-refractivity contribution is 9.10. The molecule has 2 atom stereocenters. The van der Waals surface area contributed by atoms with Crippen molar-refractivity contribution in [3.05, 3.63) is 34.3 Å². The summed E-state index contributed by atoms with van der Waals surface area (Å²) in [6.45, 7) is 6.29. The number of carbonyl (C=O) groups excluding carboxylic acids is 2. The van der Waals surface area contributed by atoms with Crippen LogP contribution in [-0.2, 0) is 20.7 Å². The lowest BCUT2D eigenvalue weighted by atomic mass is 9.60. The maximum atomic E-state index is 12.5. The van der Waals surface area contributed by atoms with E-state index in [4.69, 9.17) is 4.74 Å². The second-order valence-electron chi connectivity index (χ2n) is 6.81. The number of halogens is 1. The minimum Gasteiger partial charge on any atom is -0.466 e. The molecule has 23 heavy (non-hydrogen) atoms. The van der Waals surface area contributed by atoms with Crippen LogP contribution in [0.3, 0.4) is 0 Å². The average Bonchev–Trinajstić information content (AvgIpc) is 2.48. The quantitative estimate of drug-likeness (QED) is 0.702. The third-order valence-electron chi connectivity index (χ3n) is 5.10. The Bertz CT molecular complexity index is 580. The summed E-state index contributed by atoms with van der Waals surface area (Å²) >= 11 is 3.56. The van der Waals surface area contributed by atoms with Crippen LogP contribution >= 0.6 is 15.9 Å². The predicted molar refractivity (Wildman–Crippen MR) is 94.1 cm³/mol. The molecule has 1 saturated carbocycles. The van der Waals surface area contributed by atoms with Gasteiger partial charge in [0.1, 0.15) is 5.78 Å². The molecule has 0 N–H and O–H groups in total. The highest BCUT2D eigenvalue weighted by Gasteiger charge is 2.48. The van der Waals surface area contributed by atoms with E-state index < -0.39 is 0 Å². The number of hydrogen-bond donors (Lipinski definition) is 0. The third-order valence-corrected chi connectivity index (χ3v) is 5.87. The van der Waals surface area contributed by atoms with Crippen molar-refractivity contribution in [2.24, 2.45) is 17.3 Å². The molecule has 0 radical (unpaired) electrons. The Kier molecular flexibility index (Phi) is 6.01. The van der Waals surface area contributed by atoms with Crippen molar-refractivity contribution < 1.29 is 14.3 Å². The van der Waals surface area contributed by atoms with E-state index in [2.05, 4.69) is 22.0 Å². The van der Waals surface area contributed by atoms with Crippen LogP contribution in [0.1, 0.15) is 45.6 Å². The van der Waals surface area contributed by atoms with Crippen LogP contribution < -0.4 is 0 Å². The first-order valence-corrected chi connectivity index (χ1v) is 9.10. The summed E-state index contributed by atoms with van der Waals surface area (Å²) < 4.78 is 6.30. The van der Waals surface area contributed by atoms with Crippen LogP contribution in [0.2, 0.25) is 0 Å². The summed E-state index contributed by atoms with van der Waals surface area (Å²) in [5, 5.41) is 0. The van der Waals surface area contributed by atoms with Gasteiger partial charge < -0.3 is 4.74 Å². The normalized spacial score (nSPS) is 23.6. The Morgan fingerprint density at radius 3 is 2.70 bits per heavy atom. The first kappa shape index (κ1) is 18.2. The molecule has 0 aliphatic heterocycles.